The average molecular weight is 339 g/mol. The summed E-state index contributed by atoms with van der Waals surface area (Å²) in [4.78, 5) is 29.6. The van der Waals surface area contributed by atoms with Gasteiger partial charge in [0.1, 0.15) is 5.69 Å². The fourth-order valence-electron chi connectivity index (χ4n) is 3.01. The highest BCUT2D eigenvalue weighted by molar-refractivity contribution is 5.94. The van der Waals surface area contributed by atoms with E-state index in [9.17, 15) is 9.59 Å². The Kier molecular flexibility index (Phi) is 5.40. The number of nitrogens with zero attached hydrogens (tertiary/aromatic N) is 2. The van der Waals surface area contributed by atoms with Crippen LogP contribution in [0.25, 0.3) is 0 Å². The minimum Gasteiger partial charge on any atom is -0.477 e. The molecule has 0 spiro atoms. The number of nitrogens with one attached hydrogen (secondary N) is 1. The highest BCUT2D eigenvalue weighted by Crippen LogP contribution is 2.14. The van der Waals surface area contributed by atoms with Gasteiger partial charge in [0.2, 0.25) is 0 Å². The first kappa shape index (κ1) is 17.1. The van der Waals surface area contributed by atoms with Gasteiger partial charge in [-0.15, -0.1) is 0 Å². The van der Waals surface area contributed by atoms with Gasteiger partial charge in [-0.1, -0.05) is 24.3 Å². The summed E-state index contributed by atoms with van der Waals surface area (Å²) in [6.45, 7) is 2.32. The van der Waals surface area contributed by atoms with Crippen LogP contribution in [0.3, 0.4) is 0 Å². The van der Waals surface area contributed by atoms with Crippen molar-refractivity contribution in [3.63, 3.8) is 0 Å². The van der Waals surface area contributed by atoms with Crippen molar-refractivity contribution in [2.24, 2.45) is 0 Å². The Labute approximate surface area is 146 Å². The maximum atomic E-state index is 12.2. The average Bonchev–Trinajstić information content (AvgIpc) is 2.64. The molecule has 2 N–H and O–H groups in total. The number of piperidine rings is 1. The molecule has 25 heavy (non-hydrogen) atoms. The van der Waals surface area contributed by atoms with Crippen molar-refractivity contribution >= 4 is 11.9 Å². The highest BCUT2D eigenvalue weighted by atomic mass is 16.4. The fraction of sp³-hybridized carbons (Fsp3) is 0.316. The molecule has 2 heterocycles. The Balaban J connectivity index is 1.50. The monoisotopic (exact) mass is 339 g/mol. The maximum absolute atomic E-state index is 12.2. The zero-order valence-corrected chi connectivity index (χ0v) is 13.9. The third kappa shape index (κ3) is 4.64. The quantitative estimate of drug-likeness (QED) is 0.872. The van der Waals surface area contributed by atoms with Crippen LogP contribution < -0.4 is 5.32 Å². The van der Waals surface area contributed by atoms with Crippen molar-refractivity contribution in [1.29, 1.82) is 0 Å². The lowest BCUT2D eigenvalue weighted by Gasteiger charge is -2.32. The molecular weight excluding hydrogens is 318 g/mol. The van der Waals surface area contributed by atoms with E-state index in [1.165, 1.54) is 6.07 Å². The summed E-state index contributed by atoms with van der Waals surface area (Å²) < 4.78 is 0. The summed E-state index contributed by atoms with van der Waals surface area (Å²) in [5.74, 6) is -1.04. The standard InChI is InChI=1S/C19H21N3O3/c23-18(14-5-2-1-3-6-14)21-15-9-11-22(12-10-15)13-16-7-4-8-17(20-16)19(24)25/h1-8,15H,9-13H2,(H,21,23)(H,24,25). The molecule has 0 saturated carbocycles. The number of aromatic carboxylic acids is 1. The summed E-state index contributed by atoms with van der Waals surface area (Å²) in [6, 6.07) is 14.5. The highest BCUT2D eigenvalue weighted by Gasteiger charge is 2.21. The summed E-state index contributed by atoms with van der Waals surface area (Å²) in [5, 5.41) is 12.1. The predicted molar refractivity (Wildman–Crippen MR) is 93.4 cm³/mol. The molecule has 1 saturated heterocycles. The number of carbonyl (C=O) groups is 2. The zero-order chi connectivity index (χ0) is 17.6. The molecule has 0 unspecified atom stereocenters. The minimum atomic E-state index is -1.01. The number of carboxylic acid groups (broad SMARTS) is 1. The van der Waals surface area contributed by atoms with Gasteiger partial charge >= 0.3 is 5.97 Å². The maximum Gasteiger partial charge on any atom is 0.354 e. The van der Waals surface area contributed by atoms with Crippen molar-refractivity contribution in [2.45, 2.75) is 25.4 Å². The number of pyridine rings is 1. The van der Waals surface area contributed by atoms with E-state index in [-0.39, 0.29) is 17.6 Å². The summed E-state index contributed by atoms with van der Waals surface area (Å²) >= 11 is 0. The molecule has 0 aliphatic carbocycles. The molecule has 0 bridgehead atoms. The Morgan fingerprint density at radius 1 is 1.08 bits per heavy atom. The molecule has 0 radical (unpaired) electrons. The zero-order valence-electron chi connectivity index (χ0n) is 13.9. The fourth-order valence-corrected chi connectivity index (χ4v) is 3.01. The lowest BCUT2D eigenvalue weighted by atomic mass is 10.0. The Morgan fingerprint density at radius 2 is 1.80 bits per heavy atom. The molecule has 1 aliphatic heterocycles. The SMILES string of the molecule is O=C(NC1CCN(Cc2cccc(C(=O)O)n2)CC1)c1ccccc1. The van der Waals surface area contributed by atoms with Crippen LogP contribution in [0.2, 0.25) is 0 Å². The van der Waals surface area contributed by atoms with E-state index in [1.807, 2.05) is 36.4 Å². The van der Waals surface area contributed by atoms with E-state index < -0.39 is 5.97 Å². The van der Waals surface area contributed by atoms with E-state index in [1.54, 1.807) is 6.07 Å². The van der Waals surface area contributed by atoms with Crippen molar-refractivity contribution in [2.75, 3.05) is 13.1 Å². The number of benzene rings is 1. The number of aromatic nitrogens is 1. The van der Waals surface area contributed by atoms with Crippen molar-refractivity contribution in [3.8, 4) is 0 Å². The van der Waals surface area contributed by atoms with E-state index in [4.69, 9.17) is 5.11 Å². The molecule has 1 amide bonds. The van der Waals surface area contributed by atoms with Crippen LogP contribution >= 0.6 is 0 Å². The second kappa shape index (κ2) is 7.90. The van der Waals surface area contributed by atoms with Crippen LogP contribution in [-0.4, -0.2) is 46.0 Å². The topological polar surface area (TPSA) is 82.5 Å². The molecule has 6 nitrogen and oxygen atoms in total. The Morgan fingerprint density at radius 3 is 2.48 bits per heavy atom. The molecule has 1 aliphatic rings. The third-order valence-corrected chi connectivity index (χ3v) is 4.37. The van der Waals surface area contributed by atoms with Gasteiger partial charge in [-0.25, -0.2) is 9.78 Å². The van der Waals surface area contributed by atoms with Gasteiger partial charge in [0.15, 0.2) is 0 Å². The molecule has 6 heteroatoms. The molecule has 1 aromatic carbocycles. The van der Waals surface area contributed by atoms with E-state index >= 15 is 0 Å². The smallest absolute Gasteiger partial charge is 0.354 e. The summed E-state index contributed by atoms with van der Waals surface area (Å²) in [6.07, 6.45) is 1.74. The van der Waals surface area contributed by atoms with Crippen LogP contribution in [0.5, 0.6) is 0 Å². The number of amides is 1. The Bertz CT molecular complexity index is 741. The summed E-state index contributed by atoms with van der Waals surface area (Å²) in [7, 11) is 0. The van der Waals surface area contributed by atoms with Crippen molar-refractivity contribution in [3.05, 3.63) is 65.5 Å². The minimum absolute atomic E-state index is 0.0325. The normalized spacial score (nSPS) is 15.7. The molecule has 3 rings (SSSR count). The first-order chi connectivity index (χ1) is 12.1. The lowest BCUT2D eigenvalue weighted by molar-refractivity contribution is 0.0689. The molecule has 130 valence electrons. The molecule has 0 atom stereocenters. The molecule has 1 aromatic heterocycles. The van der Waals surface area contributed by atoms with E-state index in [2.05, 4.69) is 15.2 Å². The second-order valence-corrected chi connectivity index (χ2v) is 6.21. The number of hydrogen-bond acceptors (Lipinski definition) is 4. The first-order valence-electron chi connectivity index (χ1n) is 8.39. The summed E-state index contributed by atoms with van der Waals surface area (Å²) in [5.41, 5.74) is 1.51. The number of likely N-dealkylation sites (tertiary alicyclic amines) is 1. The van der Waals surface area contributed by atoms with Crippen LogP contribution in [0, 0.1) is 0 Å². The third-order valence-electron chi connectivity index (χ3n) is 4.37. The van der Waals surface area contributed by atoms with Crippen molar-refractivity contribution < 1.29 is 14.7 Å². The van der Waals surface area contributed by atoms with Gasteiger partial charge in [0, 0.05) is 31.2 Å². The molecular formula is C19H21N3O3. The first-order valence-corrected chi connectivity index (χ1v) is 8.39. The van der Waals surface area contributed by atoms with Crippen LogP contribution in [0.4, 0.5) is 0 Å². The second-order valence-electron chi connectivity index (χ2n) is 6.21. The van der Waals surface area contributed by atoms with Crippen LogP contribution in [-0.2, 0) is 6.54 Å². The molecule has 1 fully saturated rings. The van der Waals surface area contributed by atoms with Gasteiger partial charge in [0.25, 0.3) is 5.91 Å². The van der Waals surface area contributed by atoms with Crippen LogP contribution in [0.1, 0.15) is 39.4 Å². The molecule has 2 aromatic rings. The lowest BCUT2D eigenvalue weighted by Crippen LogP contribution is -2.44. The van der Waals surface area contributed by atoms with E-state index in [0.717, 1.165) is 31.6 Å². The number of hydrogen-bond donors (Lipinski definition) is 2. The predicted octanol–water partition coefficient (Wildman–Crippen LogP) is 2.17. The Hall–Kier alpha value is -2.73. The van der Waals surface area contributed by atoms with Crippen molar-refractivity contribution in [1.82, 2.24) is 15.2 Å². The largest absolute Gasteiger partial charge is 0.477 e. The number of carboxylic acids is 1. The van der Waals surface area contributed by atoms with Gasteiger partial charge < -0.3 is 10.4 Å². The number of rotatable bonds is 5. The van der Waals surface area contributed by atoms with Gasteiger partial charge in [-0.05, 0) is 37.1 Å². The van der Waals surface area contributed by atoms with E-state index in [0.29, 0.717) is 12.1 Å². The van der Waals surface area contributed by atoms with Gasteiger partial charge in [-0.2, -0.15) is 0 Å². The van der Waals surface area contributed by atoms with Gasteiger partial charge in [-0.3, -0.25) is 9.69 Å². The number of carbonyl (C=O) groups excluding carboxylic acids is 1. The van der Waals surface area contributed by atoms with Gasteiger partial charge in [0.05, 0.1) is 5.69 Å². The van der Waals surface area contributed by atoms with Crippen LogP contribution in [0.15, 0.2) is 48.5 Å².